The van der Waals surface area contributed by atoms with Gasteiger partial charge in [0.15, 0.2) is 11.4 Å². The number of hydrogen-bond donors (Lipinski definition) is 6. The number of aliphatic hydroxyl groups excluding tert-OH is 3. The maximum Gasteiger partial charge on any atom is 0.255 e. The molecule has 1 saturated heterocycles. The van der Waals surface area contributed by atoms with Gasteiger partial charge in [-0.2, -0.15) is 0 Å². The number of aliphatic hydroxyl groups is 4. The van der Waals surface area contributed by atoms with Gasteiger partial charge in [-0.15, -0.1) is 0 Å². The molecule has 6 unspecified atom stereocenters. The molecule has 5 rings (SSSR count). The minimum absolute atomic E-state index is 0.0282. The Hall–Kier alpha value is -3.25. The monoisotopic (exact) mass is 541 g/mol. The lowest BCUT2D eigenvalue weighted by atomic mass is 9.54. The molecular formula is C28H35N3O8. The van der Waals surface area contributed by atoms with E-state index in [1.54, 1.807) is 19.1 Å². The highest BCUT2D eigenvalue weighted by molar-refractivity contribution is 6.24. The van der Waals surface area contributed by atoms with Gasteiger partial charge >= 0.3 is 0 Å². The average Bonchev–Trinajstić information content (AvgIpc) is 2.87. The first-order chi connectivity index (χ1) is 18.3. The number of likely N-dealkylation sites (N-methyl/N-ethyl adjacent to an activating group) is 1. The predicted molar refractivity (Wildman–Crippen MR) is 139 cm³/mol. The van der Waals surface area contributed by atoms with E-state index < -0.39 is 70.1 Å². The summed E-state index contributed by atoms with van der Waals surface area (Å²) in [6.07, 6.45) is 1.64. The van der Waals surface area contributed by atoms with Crippen LogP contribution in [0.5, 0.6) is 5.75 Å². The van der Waals surface area contributed by atoms with Crippen LogP contribution in [0.25, 0.3) is 5.76 Å². The van der Waals surface area contributed by atoms with Crippen LogP contribution >= 0.6 is 0 Å². The Morgan fingerprint density at radius 1 is 1.13 bits per heavy atom. The summed E-state index contributed by atoms with van der Waals surface area (Å²) in [4.78, 5) is 43.0. The van der Waals surface area contributed by atoms with E-state index in [4.69, 9.17) is 5.73 Å². The molecule has 0 aromatic heterocycles. The molecule has 1 aromatic rings. The number of nitrogens with zero attached hydrogens (tertiary/aromatic N) is 2. The number of benzene rings is 1. The van der Waals surface area contributed by atoms with Crippen LogP contribution in [0.3, 0.4) is 0 Å². The molecule has 1 aliphatic heterocycles. The fourth-order valence-electron chi connectivity index (χ4n) is 7.15. The van der Waals surface area contributed by atoms with E-state index in [1.807, 2.05) is 0 Å². The second kappa shape index (κ2) is 9.44. The fourth-order valence-corrected chi connectivity index (χ4v) is 7.15. The second-order valence-corrected chi connectivity index (χ2v) is 11.4. The number of ketones is 2. The van der Waals surface area contributed by atoms with E-state index >= 15 is 0 Å². The Morgan fingerprint density at radius 3 is 2.36 bits per heavy atom. The first-order valence-corrected chi connectivity index (χ1v) is 13.2. The van der Waals surface area contributed by atoms with Crippen molar-refractivity contribution in [2.75, 3.05) is 27.2 Å². The minimum Gasteiger partial charge on any atom is -0.508 e. The van der Waals surface area contributed by atoms with Crippen molar-refractivity contribution in [3.8, 4) is 5.75 Å². The molecule has 39 heavy (non-hydrogen) atoms. The predicted octanol–water partition coefficient (Wildman–Crippen LogP) is 0.482. The average molecular weight is 542 g/mol. The summed E-state index contributed by atoms with van der Waals surface area (Å²) in [5.41, 5.74) is 2.22. The lowest BCUT2D eigenvalue weighted by molar-refractivity contribution is -0.169. The summed E-state index contributed by atoms with van der Waals surface area (Å²) in [6, 6.07) is 2.15. The van der Waals surface area contributed by atoms with Gasteiger partial charge in [-0.1, -0.05) is 25.5 Å². The fraction of sp³-hybridized carbons (Fsp3) is 0.536. The van der Waals surface area contributed by atoms with Crippen molar-refractivity contribution in [3.05, 3.63) is 45.7 Å². The molecule has 6 atom stereocenters. The third kappa shape index (κ3) is 3.75. The molecular weight excluding hydrogens is 506 g/mol. The lowest BCUT2D eigenvalue weighted by Crippen LogP contribution is -2.70. The van der Waals surface area contributed by atoms with Crippen molar-refractivity contribution >= 4 is 23.2 Å². The summed E-state index contributed by atoms with van der Waals surface area (Å²) in [6.45, 7) is 3.92. The number of nitrogens with two attached hydrogens (primary N) is 1. The van der Waals surface area contributed by atoms with Crippen molar-refractivity contribution in [1.82, 2.24) is 9.80 Å². The number of rotatable bonds is 4. The van der Waals surface area contributed by atoms with Crippen LogP contribution in [0.2, 0.25) is 0 Å². The van der Waals surface area contributed by atoms with E-state index in [0.29, 0.717) is 17.7 Å². The molecule has 7 N–H and O–H groups in total. The van der Waals surface area contributed by atoms with Crippen LogP contribution in [-0.2, 0) is 20.9 Å². The molecule has 210 valence electrons. The summed E-state index contributed by atoms with van der Waals surface area (Å²) in [5.74, 6) is -8.73. The Kier molecular flexibility index (Phi) is 6.61. The largest absolute Gasteiger partial charge is 0.508 e. The number of aromatic hydroxyl groups is 1. The number of piperidine rings is 1. The molecule has 0 spiro atoms. The topological polar surface area (TPSA) is 185 Å². The number of amides is 1. The zero-order valence-corrected chi connectivity index (χ0v) is 22.2. The minimum atomic E-state index is -2.91. The van der Waals surface area contributed by atoms with Gasteiger partial charge in [0, 0.05) is 23.6 Å². The molecule has 0 radical (unpaired) electrons. The number of primary amides is 1. The van der Waals surface area contributed by atoms with Crippen LogP contribution < -0.4 is 5.73 Å². The van der Waals surface area contributed by atoms with E-state index in [9.17, 15) is 39.9 Å². The molecule has 0 bridgehead atoms. The number of likely N-dealkylation sites (tertiary alicyclic amines) is 1. The number of phenolic OH excluding ortho intramolecular Hbond substituents is 1. The number of carbonyl (C=O) groups is 3. The third-order valence-electron chi connectivity index (χ3n) is 9.06. The number of Topliss-reactive ketones (excluding diaryl/α,β-unsaturated/α-hetero) is 2. The van der Waals surface area contributed by atoms with Gasteiger partial charge in [0.25, 0.3) is 5.91 Å². The molecule has 2 fully saturated rings. The van der Waals surface area contributed by atoms with Gasteiger partial charge in [0.1, 0.15) is 22.8 Å². The molecule has 11 heteroatoms. The second-order valence-electron chi connectivity index (χ2n) is 11.4. The smallest absolute Gasteiger partial charge is 0.255 e. The summed E-state index contributed by atoms with van der Waals surface area (Å²) in [7, 11) is 2.96. The van der Waals surface area contributed by atoms with Gasteiger partial charge in [-0.25, -0.2) is 0 Å². The molecule has 1 heterocycles. The van der Waals surface area contributed by atoms with Crippen molar-refractivity contribution < 1.29 is 39.9 Å². The molecule has 11 nitrogen and oxygen atoms in total. The Balaban J connectivity index is 1.69. The van der Waals surface area contributed by atoms with Crippen LogP contribution in [-0.4, -0.2) is 97.7 Å². The van der Waals surface area contributed by atoms with E-state index in [-0.39, 0.29) is 16.9 Å². The standard InChI is InChI=1S/C28H35N3O8/c1-12-14-8-7-13(11-31-9-5-4-6-10-31)21(32)16(14)22(33)17-15(12)23(34)19-20(30(2)3)24(35)18(27(29)38)26(37)28(19,39)25(17)36/h7-8,12,15,19-20,23,32-34,37,39H,4-6,9-11H2,1-3H3,(H2,29,38). The zero-order valence-electron chi connectivity index (χ0n) is 22.2. The van der Waals surface area contributed by atoms with Gasteiger partial charge in [-0.05, 0) is 51.5 Å². The Bertz CT molecular complexity index is 1330. The van der Waals surface area contributed by atoms with Gasteiger partial charge < -0.3 is 31.3 Å². The lowest BCUT2D eigenvalue weighted by Gasteiger charge is -2.53. The van der Waals surface area contributed by atoms with E-state index in [2.05, 4.69) is 4.90 Å². The number of fused-ring (bicyclic) bond motifs is 3. The van der Waals surface area contributed by atoms with Crippen molar-refractivity contribution in [1.29, 1.82) is 0 Å². The molecule has 1 amide bonds. The highest BCUT2D eigenvalue weighted by Gasteiger charge is 2.68. The number of carbonyl (C=O) groups excluding carboxylic acids is 3. The van der Waals surface area contributed by atoms with Gasteiger partial charge in [-0.3, -0.25) is 24.2 Å². The summed E-state index contributed by atoms with van der Waals surface area (Å²) < 4.78 is 0. The third-order valence-corrected chi connectivity index (χ3v) is 9.06. The Labute approximate surface area is 225 Å². The SMILES string of the molecule is CC1c2ccc(CN3CCCCC3)c(O)c2C(O)=C2C(=O)C3(O)C(O)=C(C(N)=O)C(=O)C(N(C)C)C3C(O)C21. The van der Waals surface area contributed by atoms with Crippen molar-refractivity contribution in [2.45, 2.75) is 56.4 Å². The number of phenols is 1. The van der Waals surface area contributed by atoms with Crippen molar-refractivity contribution in [2.24, 2.45) is 17.6 Å². The normalized spacial score (nSPS) is 33.2. The molecule has 3 aliphatic carbocycles. The molecule has 1 aromatic carbocycles. The van der Waals surface area contributed by atoms with Crippen LogP contribution in [0.1, 0.15) is 48.8 Å². The van der Waals surface area contributed by atoms with Gasteiger partial charge in [0.05, 0.1) is 23.6 Å². The summed E-state index contributed by atoms with van der Waals surface area (Å²) >= 11 is 0. The summed E-state index contributed by atoms with van der Waals surface area (Å²) in [5, 5.41) is 57.1. The Morgan fingerprint density at radius 2 is 1.77 bits per heavy atom. The molecule has 4 aliphatic rings. The number of hydrogen-bond acceptors (Lipinski definition) is 10. The quantitative estimate of drug-likeness (QED) is 0.293. The van der Waals surface area contributed by atoms with Crippen molar-refractivity contribution in [3.63, 3.8) is 0 Å². The van der Waals surface area contributed by atoms with Crippen LogP contribution in [0.4, 0.5) is 0 Å². The van der Waals surface area contributed by atoms with Gasteiger partial charge in [0.2, 0.25) is 5.78 Å². The van der Waals surface area contributed by atoms with E-state index in [1.165, 1.54) is 19.0 Å². The highest BCUT2D eigenvalue weighted by atomic mass is 16.4. The highest BCUT2D eigenvalue weighted by Crippen LogP contribution is 2.56. The first-order valence-electron chi connectivity index (χ1n) is 13.2. The maximum atomic E-state index is 14.0. The molecule has 1 saturated carbocycles. The van der Waals surface area contributed by atoms with E-state index in [0.717, 1.165) is 32.4 Å². The maximum absolute atomic E-state index is 14.0. The van der Waals surface area contributed by atoms with Crippen LogP contribution in [0.15, 0.2) is 29.0 Å². The zero-order chi connectivity index (χ0) is 28.5. The first kappa shape index (κ1) is 27.3. The van der Waals surface area contributed by atoms with Crippen LogP contribution in [0, 0.1) is 11.8 Å².